The Bertz CT molecular complexity index is 447. The highest BCUT2D eigenvalue weighted by atomic mass is 19.4. The van der Waals surface area contributed by atoms with Gasteiger partial charge in [-0.3, -0.25) is 0 Å². The van der Waals surface area contributed by atoms with Crippen LogP contribution in [0.5, 0.6) is 5.75 Å². The Morgan fingerprint density at radius 2 is 2.06 bits per heavy atom. The van der Waals surface area contributed by atoms with E-state index < -0.39 is 30.1 Å². The molecule has 0 bridgehead atoms. The fourth-order valence-corrected chi connectivity index (χ4v) is 1.31. The molecule has 1 rings (SSSR count). The van der Waals surface area contributed by atoms with Crippen LogP contribution in [-0.4, -0.2) is 17.6 Å². The predicted octanol–water partition coefficient (Wildman–Crippen LogP) is 3.05. The molecule has 0 aromatic heterocycles. The first kappa shape index (κ1) is 14.1. The van der Waals surface area contributed by atoms with E-state index in [1.54, 1.807) is 0 Å². The van der Waals surface area contributed by atoms with Crippen molar-refractivity contribution in [3.05, 3.63) is 29.6 Å². The van der Waals surface area contributed by atoms with Crippen molar-refractivity contribution in [3.63, 3.8) is 0 Å². The molecule has 1 amide bonds. The minimum absolute atomic E-state index is 0.237. The Morgan fingerprint density at radius 1 is 1.44 bits per heavy atom. The van der Waals surface area contributed by atoms with E-state index in [2.05, 4.69) is 4.74 Å². The molecule has 0 saturated heterocycles. The van der Waals surface area contributed by atoms with Crippen LogP contribution in [0.2, 0.25) is 0 Å². The van der Waals surface area contributed by atoms with Crippen molar-refractivity contribution < 1.29 is 32.2 Å². The number of nitrogens with one attached hydrogen (secondary N) is 1. The molecule has 0 spiro atoms. The molecule has 0 unspecified atom stereocenters. The lowest BCUT2D eigenvalue weighted by atomic mass is 10.1. The van der Waals surface area contributed by atoms with Gasteiger partial charge in [0.05, 0.1) is 6.04 Å². The number of benzene rings is 1. The first-order valence-electron chi connectivity index (χ1n) is 4.73. The highest BCUT2D eigenvalue weighted by Gasteiger charge is 2.31. The van der Waals surface area contributed by atoms with Crippen LogP contribution in [0, 0.1) is 5.82 Å². The molecule has 0 heterocycles. The molecule has 100 valence electrons. The van der Waals surface area contributed by atoms with Crippen LogP contribution in [0.4, 0.5) is 22.4 Å². The van der Waals surface area contributed by atoms with Gasteiger partial charge >= 0.3 is 12.5 Å². The molecule has 1 aromatic carbocycles. The number of alkyl halides is 3. The summed E-state index contributed by atoms with van der Waals surface area (Å²) in [5.41, 5.74) is -0.237. The molecule has 0 radical (unpaired) electrons. The predicted molar refractivity (Wildman–Crippen MR) is 52.7 cm³/mol. The van der Waals surface area contributed by atoms with Gasteiger partial charge in [-0.15, -0.1) is 13.2 Å². The van der Waals surface area contributed by atoms with Crippen molar-refractivity contribution in [3.8, 4) is 5.75 Å². The molecule has 8 heteroatoms. The van der Waals surface area contributed by atoms with Crippen LogP contribution in [0.25, 0.3) is 0 Å². The van der Waals surface area contributed by atoms with Gasteiger partial charge in [-0.2, -0.15) is 0 Å². The fourth-order valence-electron chi connectivity index (χ4n) is 1.31. The third-order valence-corrected chi connectivity index (χ3v) is 2.01. The average Bonchev–Trinajstić information content (AvgIpc) is 2.17. The van der Waals surface area contributed by atoms with Crippen molar-refractivity contribution >= 4 is 6.09 Å². The Hall–Kier alpha value is -1.99. The van der Waals surface area contributed by atoms with Gasteiger partial charge in [-0.05, 0) is 25.1 Å². The van der Waals surface area contributed by atoms with Gasteiger partial charge in [-0.1, -0.05) is 0 Å². The zero-order valence-corrected chi connectivity index (χ0v) is 9.08. The molecule has 0 saturated carbocycles. The molecule has 18 heavy (non-hydrogen) atoms. The van der Waals surface area contributed by atoms with E-state index in [1.807, 2.05) is 5.32 Å². The molecule has 0 aliphatic rings. The second kappa shape index (κ2) is 5.11. The summed E-state index contributed by atoms with van der Waals surface area (Å²) in [5, 5.41) is 10.4. The van der Waals surface area contributed by atoms with E-state index in [4.69, 9.17) is 5.11 Å². The molecule has 0 aliphatic heterocycles. The molecule has 4 nitrogen and oxygen atoms in total. The van der Waals surface area contributed by atoms with Gasteiger partial charge in [0, 0.05) is 5.56 Å². The maximum absolute atomic E-state index is 13.3. The van der Waals surface area contributed by atoms with E-state index in [0.717, 1.165) is 18.2 Å². The first-order valence-corrected chi connectivity index (χ1v) is 4.73. The van der Waals surface area contributed by atoms with E-state index in [-0.39, 0.29) is 5.56 Å². The zero-order valence-electron chi connectivity index (χ0n) is 9.08. The maximum Gasteiger partial charge on any atom is 0.573 e. The monoisotopic (exact) mass is 267 g/mol. The van der Waals surface area contributed by atoms with Gasteiger partial charge in [0.1, 0.15) is 11.6 Å². The molecule has 2 N–H and O–H groups in total. The summed E-state index contributed by atoms with van der Waals surface area (Å²) in [7, 11) is 0. The average molecular weight is 267 g/mol. The molecule has 0 fully saturated rings. The Morgan fingerprint density at radius 3 is 2.56 bits per heavy atom. The molecular weight excluding hydrogens is 258 g/mol. The second-order valence-electron chi connectivity index (χ2n) is 3.40. The normalized spacial score (nSPS) is 12.9. The first-order chi connectivity index (χ1) is 8.19. The van der Waals surface area contributed by atoms with E-state index in [9.17, 15) is 22.4 Å². The number of hydrogen-bond acceptors (Lipinski definition) is 2. The van der Waals surface area contributed by atoms with Crippen molar-refractivity contribution in [2.45, 2.75) is 19.3 Å². The minimum atomic E-state index is -4.89. The van der Waals surface area contributed by atoms with Gasteiger partial charge in [0.2, 0.25) is 0 Å². The highest BCUT2D eigenvalue weighted by molar-refractivity contribution is 5.65. The smallest absolute Gasteiger partial charge is 0.465 e. The van der Waals surface area contributed by atoms with Gasteiger partial charge in [-0.25, -0.2) is 9.18 Å². The molecule has 1 aromatic rings. The van der Waals surface area contributed by atoms with Crippen molar-refractivity contribution in [2.24, 2.45) is 0 Å². The van der Waals surface area contributed by atoms with Gasteiger partial charge < -0.3 is 15.2 Å². The summed E-state index contributed by atoms with van der Waals surface area (Å²) in [6.07, 6.45) is -6.30. The third-order valence-electron chi connectivity index (χ3n) is 2.01. The van der Waals surface area contributed by atoms with Crippen LogP contribution in [-0.2, 0) is 0 Å². The van der Waals surface area contributed by atoms with E-state index in [1.165, 1.54) is 6.92 Å². The molecule has 1 atom stereocenters. The largest absolute Gasteiger partial charge is 0.573 e. The van der Waals surface area contributed by atoms with Crippen LogP contribution in [0.1, 0.15) is 18.5 Å². The summed E-state index contributed by atoms with van der Waals surface area (Å²) in [4.78, 5) is 10.4. The number of halogens is 4. The van der Waals surface area contributed by atoms with Gasteiger partial charge in [0.15, 0.2) is 0 Å². The fraction of sp³-hybridized carbons (Fsp3) is 0.300. The van der Waals surface area contributed by atoms with Crippen molar-refractivity contribution in [2.75, 3.05) is 0 Å². The standard InChI is InChI=1S/C10H9F4NO3/c1-5(15-9(16)17)7-4-6(2-3-8(7)11)18-10(12,13)14/h2-5,15H,1H3,(H,16,17)/t5-/m1/s1. The van der Waals surface area contributed by atoms with Crippen LogP contribution in [0.15, 0.2) is 18.2 Å². The van der Waals surface area contributed by atoms with Crippen LogP contribution >= 0.6 is 0 Å². The summed E-state index contributed by atoms with van der Waals surface area (Å²) < 4.78 is 52.8. The van der Waals surface area contributed by atoms with Crippen molar-refractivity contribution in [1.29, 1.82) is 0 Å². The summed E-state index contributed by atoms with van der Waals surface area (Å²) in [6.45, 7) is 1.30. The van der Waals surface area contributed by atoms with Crippen molar-refractivity contribution in [1.82, 2.24) is 5.32 Å². The topological polar surface area (TPSA) is 58.6 Å². The Labute approximate surface area is 99.2 Å². The third kappa shape index (κ3) is 4.11. The highest BCUT2D eigenvalue weighted by Crippen LogP contribution is 2.27. The number of carbonyl (C=O) groups is 1. The van der Waals surface area contributed by atoms with Gasteiger partial charge in [0.25, 0.3) is 0 Å². The maximum atomic E-state index is 13.3. The zero-order chi connectivity index (χ0) is 13.9. The van der Waals surface area contributed by atoms with Crippen LogP contribution in [0.3, 0.4) is 0 Å². The minimum Gasteiger partial charge on any atom is -0.465 e. The number of rotatable bonds is 3. The lowest BCUT2D eigenvalue weighted by molar-refractivity contribution is -0.274. The number of hydrogen-bond donors (Lipinski definition) is 2. The number of ether oxygens (including phenoxy) is 1. The Balaban J connectivity index is 2.97. The lowest BCUT2D eigenvalue weighted by Gasteiger charge is -2.15. The summed E-state index contributed by atoms with van der Waals surface area (Å²) in [5.74, 6) is -1.44. The summed E-state index contributed by atoms with van der Waals surface area (Å²) in [6, 6.07) is 1.37. The number of carboxylic acid groups (broad SMARTS) is 1. The summed E-state index contributed by atoms with van der Waals surface area (Å²) >= 11 is 0. The molecular formula is C10H9F4NO3. The second-order valence-corrected chi connectivity index (χ2v) is 3.40. The molecule has 0 aliphatic carbocycles. The Kier molecular flexibility index (Phi) is 4.00. The number of amides is 1. The lowest BCUT2D eigenvalue weighted by Crippen LogP contribution is -2.25. The van der Waals surface area contributed by atoms with E-state index >= 15 is 0 Å². The van der Waals surface area contributed by atoms with Crippen LogP contribution < -0.4 is 10.1 Å². The quantitative estimate of drug-likeness (QED) is 0.827. The SMILES string of the molecule is C[C@@H](NC(=O)O)c1cc(OC(F)(F)F)ccc1F. The van der Waals surface area contributed by atoms with E-state index in [0.29, 0.717) is 0 Å².